The molecule has 1 N–H and O–H groups in total. The van der Waals surface area contributed by atoms with E-state index in [1.54, 1.807) is 6.07 Å². The summed E-state index contributed by atoms with van der Waals surface area (Å²) in [6, 6.07) is 15.2. The molecule has 0 spiro atoms. The standard InChI is InChI=1S/C21H24FN3O4S/c1-21(20(27)23-12-16-8-4-3-5-9-16)15-24(30(2,28)29)14-19(26)25(21)13-17-10-6-7-11-18(17)22/h3-11H,12-15H2,1-2H3,(H,23,27)/t21-/m1/s1. The highest BCUT2D eigenvalue weighted by molar-refractivity contribution is 7.88. The van der Waals surface area contributed by atoms with Gasteiger partial charge in [-0.3, -0.25) is 9.59 Å². The first kappa shape index (κ1) is 21.9. The smallest absolute Gasteiger partial charge is 0.247 e. The minimum atomic E-state index is -3.70. The van der Waals surface area contributed by atoms with Crippen molar-refractivity contribution in [3.8, 4) is 0 Å². The van der Waals surface area contributed by atoms with E-state index in [2.05, 4.69) is 5.32 Å². The van der Waals surface area contributed by atoms with Crippen LogP contribution in [0.1, 0.15) is 18.1 Å². The summed E-state index contributed by atoms with van der Waals surface area (Å²) in [5.41, 5.74) is -0.395. The molecule has 2 aromatic rings. The van der Waals surface area contributed by atoms with Crippen LogP contribution >= 0.6 is 0 Å². The number of nitrogens with zero attached hydrogens (tertiary/aromatic N) is 2. The van der Waals surface area contributed by atoms with Crippen molar-refractivity contribution >= 4 is 21.8 Å². The van der Waals surface area contributed by atoms with Crippen molar-refractivity contribution in [3.63, 3.8) is 0 Å². The summed E-state index contributed by atoms with van der Waals surface area (Å²) in [5, 5.41) is 2.78. The lowest BCUT2D eigenvalue weighted by molar-refractivity contribution is -0.153. The van der Waals surface area contributed by atoms with Gasteiger partial charge in [-0.25, -0.2) is 12.8 Å². The maximum atomic E-state index is 14.2. The molecule has 0 aliphatic carbocycles. The Labute approximate surface area is 175 Å². The number of nitrogens with one attached hydrogen (secondary N) is 1. The van der Waals surface area contributed by atoms with Crippen molar-refractivity contribution in [2.75, 3.05) is 19.3 Å². The molecule has 30 heavy (non-hydrogen) atoms. The topological polar surface area (TPSA) is 86.8 Å². The van der Waals surface area contributed by atoms with E-state index < -0.39 is 39.7 Å². The zero-order chi connectivity index (χ0) is 21.9. The van der Waals surface area contributed by atoms with Crippen LogP contribution in [0.15, 0.2) is 54.6 Å². The fraction of sp³-hybridized carbons (Fsp3) is 0.333. The van der Waals surface area contributed by atoms with E-state index in [1.807, 2.05) is 30.3 Å². The summed E-state index contributed by atoms with van der Waals surface area (Å²) in [5.74, 6) is -1.57. The molecule has 0 aromatic heterocycles. The van der Waals surface area contributed by atoms with Crippen molar-refractivity contribution in [3.05, 3.63) is 71.5 Å². The largest absolute Gasteiger partial charge is 0.350 e. The summed E-state index contributed by atoms with van der Waals surface area (Å²) in [7, 11) is -3.70. The SMILES string of the molecule is C[C@]1(C(=O)NCc2ccccc2)CN(S(C)(=O)=O)CC(=O)N1Cc1ccccc1F. The number of halogens is 1. The summed E-state index contributed by atoms with van der Waals surface area (Å²) in [4.78, 5) is 27.3. The van der Waals surface area contributed by atoms with Gasteiger partial charge >= 0.3 is 0 Å². The maximum absolute atomic E-state index is 14.2. The Morgan fingerprint density at radius 1 is 1.13 bits per heavy atom. The minimum absolute atomic E-state index is 0.141. The van der Waals surface area contributed by atoms with Crippen LogP contribution in [0, 0.1) is 5.82 Å². The van der Waals surface area contributed by atoms with E-state index in [-0.39, 0.29) is 25.2 Å². The Morgan fingerprint density at radius 3 is 2.40 bits per heavy atom. The van der Waals surface area contributed by atoms with E-state index >= 15 is 0 Å². The average Bonchev–Trinajstić information content (AvgIpc) is 2.70. The highest BCUT2D eigenvalue weighted by Gasteiger charge is 2.49. The molecule has 3 rings (SSSR count). The van der Waals surface area contributed by atoms with Crippen molar-refractivity contribution in [2.45, 2.75) is 25.6 Å². The Bertz CT molecular complexity index is 1050. The molecule has 9 heteroatoms. The molecule has 0 bridgehead atoms. The number of hydrogen-bond acceptors (Lipinski definition) is 4. The molecule has 7 nitrogen and oxygen atoms in total. The van der Waals surface area contributed by atoms with Gasteiger partial charge in [0.05, 0.1) is 12.8 Å². The minimum Gasteiger partial charge on any atom is -0.350 e. The number of carbonyl (C=O) groups excluding carboxylic acids is 2. The predicted molar refractivity (Wildman–Crippen MR) is 110 cm³/mol. The molecule has 0 saturated carbocycles. The second-order valence-corrected chi connectivity index (χ2v) is 9.53. The Kier molecular flexibility index (Phi) is 6.23. The molecule has 160 valence electrons. The lowest BCUT2D eigenvalue weighted by Gasteiger charge is -2.46. The van der Waals surface area contributed by atoms with Gasteiger partial charge in [-0.05, 0) is 18.6 Å². The van der Waals surface area contributed by atoms with Crippen LogP contribution in [0.25, 0.3) is 0 Å². The Hall–Kier alpha value is -2.78. The molecule has 0 unspecified atom stereocenters. The van der Waals surface area contributed by atoms with Crippen molar-refractivity contribution in [1.82, 2.24) is 14.5 Å². The first-order valence-electron chi connectivity index (χ1n) is 9.42. The molecule has 2 amide bonds. The van der Waals surface area contributed by atoms with E-state index in [0.717, 1.165) is 16.1 Å². The molecule has 0 radical (unpaired) electrons. The van der Waals surface area contributed by atoms with Gasteiger partial charge in [0.1, 0.15) is 11.4 Å². The number of benzene rings is 2. The second kappa shape index (κ2) is 8.53. The number of carbonyl (C=O) groups is 2. The number of hydrogen-bond donors (Lipinski definition) is 1. The van der Waals surface area contributed by atoms with Gasteiger partial charge in [-0.1, -0.05) is 48.5 Å². The number of rotatable bonds is 6. The summed E-state index contributed by atoms with van der Waals surface area (Å²) in [6.45, 7) is 0.971. The van der Waals surface area contributed by atoms with Gasteiger partial charge in [0.15, 0.2) is 0 Å². The van der Waals surface area contributed by atoms with Gasteiger partial charge in [-0.15, -0.1) is 0 Å². The third-order valence-electron chi connectivity index (χ3n) is 5.23. The molecule has 1 fully saturated rings. The quantitative estimate of drug-likeness (QED) is 0.748. The third kappa shape index (κ3) is 4.68. The number of piperazine rings is 1. The van der Waals surface area contributed by atoms with Crippen molar-refractivity contribution in [1.29, 1.82) is 0 Å². The second-order valence-electron chi connectivity index (χ2n) is 7.54. The lowest BCUT2D eigenvalue weighted by atomic mass is 9.94. The first-order chi connectivity index (χ1) is 14.1. The maximum Gasteiger partial charge on any atom is 0.247 e. The molecule has 1 saturated heterocycles. The Morgan fingerprint density at radius 2 is 1.77 bits per heavy atom. The number of sulfonamides is 1. The van der Waals surface area contributed by atoms with Gasteiger partial charge in [0.2, 0.25) is 21.8 Å². The van der Waals surface area contributed by atoms with Crippen LogP contribution in [0.3, 0.4) is 0 Å². The van der Waals surface area contributed by atoms with Crippen LogP contribution in [0.2, 0.25) is 0 Å². The zero-order valence-corrected chi connectivity index (χ0v) is 17.7. The fourth-order valence-corrected chi connectivity index (χ4v) is 4.28. The monoisotopic (exact) mass is 433 g/mol. The normalized spacial score (nSPS) is 20.2. The van der Waals surface area contributed by atoms with Gasteiger partial charge in [0, 0.05) is 25.2 Å². The van der Waals surface area contributed by atoms with Crippen LogP contribution in [-0.4, -0.2) is 54.3 Å². The summed E-state index contributed by atoms with van der Waals surface area (Å²) >= 11 is 0. The van der Waals surface area contributed by atoms with E-state index in [0.29, 0.717) is 0 Å². The van der Waals surface area contributed by atoms with Crippen molar-refractivity contribution < 1.29 is 22.4 Å². The molecular weight excluding hydrogens is 409 g/mol. The molecule has 1 aliphatic heterocycles. The molecule has 1 heterocycles. The predicted octanol–water partition coefficient (Wildman–Crippen LogP) is 1.50. The van der Waals surface area contributed by atoms with Crippen LogP contribution in [0.4, 0.5) is 4.39 Å². The lowest BCUT2D eigenvalue weighted by Crippen LogP contribution is -2.69. The third-order valence-corrected chi connectivity index (χ3v) is 6.43. The molecule has 1 aliphatic rings. The van der Waals surface area contributed by atoms with Gasteiger partial charge < -0.3 is 10.2 Å². The summed E-state index contributed by atoms with van der Waals surface area (Å²) < 4.78 is 39.4. The van der Waals surface area contributed by atoms with Crippen LogP contribution in [-0.2, 0) is 32.7 Å². The molecular formula is C21H24FN3O4S. The van der Waals surface area contributed by atoms with E-state index in [4.69, 9.17) is 0 Å². The first-order valence-corrected chi connectivity index (χ1v) is 11.3. The van der Waals surface area contributed by atoms with Crippen LogP contribution < -0.4 is 5.32 Å². The molecule has 1 atom stereocenters. The molecule has 2 aromatic carbocycles. The van der Waals surface area contributed by atoms with E-state index in [9.17, 15) is 22.4 Å². The average molecular weight is 434 g/mol. The van der Waals surface area contributed by atoms with E-state index in [1.165, 1.54) is 30.0 Å². The van der Waals surface area contributed by atoms with Gasteiger partial charge in [0.25, 0.3) is 0 Å². The highest BCUT2D eigenvalue weighted by Crippen LogP contribution is 2.27. The number of amides is 2. The van der Waals surface area contributed by atoms with Gasteiger partial charge in [-0.2, -0.15) is 4.31 Å². The van der Waals surface area contributed by atoms with Crippen LogP contribution in [0.5, 0.6) is 0 Å². The zero-order valence-electron chi connectivity index (χ0n) is 16.8. The highest BCUT2D eigenvalue weighted by atomic mass is 32.2. The van der Waals surface area contributed by atoms with Crippen molar-refractivity contribution in [2.24, 2.45) is 0 Å². The summed E-state index contributed by atoms with van der Waals surface area (Å²) in [6.07, 6.45) is 0.995. The fourth-order valence-electron chi connectivity index (χ4n) is 3.45. The Balaban J connectivity index is 1.91.